The van der Waals surface area contributed by atoms with Gasteiger partial charge >= 0.3 is 0 Å². The van der Waals surface area contributed by atoms with Crippen molar-refractivity contribution < 1.29 is 4.79 Å². The Balaban J connectivity index is 1.42. The van der Waals surface area contributed by atoms with Gasteiger partial charge in [0.25, 0.3) is 0 Å². The molecule has 118 valence electrons. The molecule has 3 rings (SSSR count). The van der Waals surface area contributed by atoms with Crippen molar-refractivity contribution in [1.82, 2.24) is 29.9 Å². The fraction of sp³-hybridized carbons (Fsp3) is 0.600. The van der Waals surface area contributed by atoms with E-state index >= 15 is 0 Å². The van der Waals surface area contributed by atoms with Crippen LogP contribution in [0.3, 0.4) is 0 Å². The second-order valence-corrected chi connectivity index (χ2v) is 5.82. The zero-order chi connectivity index (χ0) is 15.5. The lowest BCUT2D eigenvalue weighted by Crippen LogP contribution is -2.24. The van der Waals surface area contributed by atoms with Crippen molar-refractivity contribution in [3.8, 4) is 0 Å². The van der Waals surface area contributed by atoms with Crippen LogP contribution in [0.2, 0.25) is 0 Å². The standard InChI is InChI=1S/C15H22N6O/c1-11-9-12(2)21(19-11)8-4-6-15(22)16-10-14-18-17-13-5-3-7-20(13)14/h9H,3-8,10H2,1-2H3,(H,16,22). The third-order valence-electron chi connectivity index (χ3n) is 4.01. The summed E-state index contributed by atoms with van der Waals surface area (Å²) in [5, 5.41) is 15.6. The van der Waals surface area contributed by atoms with Gasteiger partial charge in [-0.15, -0.1) is 10.2 Å². The molecule has 1 N–H and O–H groups in total. The average Bonchev–Trinajstić information content (AvgIpc) is 3.14. The molecule has 0 atom stereocenters. The molecule has 0 unspecified atom stereocenters. The summed E-state index contributed by atoms with van der Waals surface area (Å²) in [6.07, 6.45) is 3.39. The molecule has 0 bridgehead atoms. The molecule has 2 aromatic rings. The zero-order valence-electron chi connectivity index (χ0n) is 13.2. The first kappa shape index (κ1) is 14.7. The van der Waals surface area contributed by atoms with E-state index in [2.05, 4.69) is 25.2 Å². The molecule has 0 fully saturated rings. The molecule has 22 heavy (non-hydrogen) atoms. The van der Waals surface area contributed by atoms with Gasteiger partial charge in [-0.2, -0.15) is 5.10 Å². The van der Waals surface area contributed by atoms with Gasteiger partial charge in [-0.1, -0.05) is 0 Å². The van der Waals surface area contributed by atoms with Gasteiger partial charge in [-0.25, -0.2) is 0 Å². The van der Waals surface area contributed by atoms with Crippen LogP contribution in [-0.4, -0.2) is 30.5 Å². The zero-order valence-corrected chi connectivity index (χ0v) is 13.2. The monoisotopic (exact) mass is 302 g/mol. The quantitative estimate of drug-likeness (QED) is 0.868. The largest absolute Gasteiger partial charge is 0.349 e. The Labute approximate surface area is 129 Å². The van der Waals surface area contributed by atoms with Crippen molar-refractivity contribution in [2.75, 3.05) is 0 Å². The number of hydrogen-bond acceptors (Lipinski definition) is 4. The van der Waals surface area contributed by atoms with Gasteiger partial charge in [0.2, 0.25) is 5.91 Å². The molecular weight excluding hydrogens is 280 g/mol. The molecule has 1 aliphatic heterocycles. The van der Waals surface area contributed by atoms with Crippen LogP contribution in [0.15, 0.2) is 6.07 Å². The van der Waals surface area contributed by atoms with Crippen LogP contribution in [0.5, 0.6) is 0 Å². The van der Waals surface area contributed by atoms with E-state index in [0.717, 1.165) is 55.4 Å². The van der Waals surface area contributed by atoms with Crippen LogP contribution in [0.25, 0.3) is 0 Å². The van der Waals surface area contributed by atoms with E-state index in [1.807, 2.05) is 24.6 Å². The summed E-state index contributed by atoms with van der Waals surface area (Å²) in [5.74, 6) is 1.95. The second-order valence-electron chi connectivity index (χ2n) is 5.82. The van der Waals surface area contributed by atoms with Crippen molar-refractivity contribution in [2.45, 2.75) is 59.2 Å². The minimum Gasteiger partial charge on any atom is -0.349 e. The Morgan fingerprint density at radius 3 is 3.00 bits per heavy atom. The van der Waals surface area contributed by atoms with Gasteiger partial charge in [0.15, 0.2) is 5.82 Å². The molecule has 0 aliphatic carbocycles. The van der Waals surface area contributed by atoms with E-state index in [1.165, 1.54) is 0 Å². The van der Waals surface area contributed by atoms with E-state index in [9.17, 15) is 4.79 Å². The van der Waals surface area contributed by atoms with Gasteiger partial charge in [-0.3, -0.25) is 9.48 Å². The topological polar surface area (TPSA) is 77.6 Å². The number of nitrogens with one attached hydrogen (secondary N) is 1. The van der Waals surface area contributed by atoms with Crippen LogP contribution in [0.1, 0.15) is 42.3 Å². The minimum absolute atomic E-state index is 0.0527. The predicted octanol–water partition coefficient (Wildman–Crippen LogP) is 1.13. The van der Waals surface area contributed by atoms with Crippen LogP contribution in [0, 0.1) is 13.8 Å². The van der Waals surface area contributed by atoms with Crippen molar-refractivity contribution in [3.05, 3.63) is 29.1 Å². The fourth-order valence-corrected chi connectivity index (χ4v) is 2.90. The maximum Gasteiger partial charge on any atom is 0.220 e. The number of aryl methyl sites for hydroxylation is 4. The lowest BCUT2D eigenvalue weighted by molar-refractivity contribution is -0.121. The smallest absolute Gasteiger partial charge is 0.220 e. The number of carbonyl (C=O) groups is 1. The van der Waals surface area contributed by atoms with Crippen LogP contribution < -0.4 is 5.32 Å². The van der Waals surface area contributed by atoms with Crippen molar-refractivity contribution >= 4 is 5.91 Å². The molecule has 3 heterocycles. The number of amides is 1. The first-order valence-corrected chi connectivity index (χ1v) is 7.82. The number of nitrogens with zero attached hydrogens (tertiary/aromatic N) is 5. The first-order chi connectivity index (χ1) is 10.6. The third kappa shape index (κ3) is 3.18. The predicted molar refractivity (Wildman–Crippen MR) is 81.1 cm³/mol. The maximum atomic E-state index is 11.9. The van der Waals surface area contributed by atoms with Gasteiger partial charge in [0.05, 0.1) is 12.2 Å². The van der Waals surface area contributed by atoms with E-state index in [1.54, 1.807) is 0 Å². The first-order valence-electron chi connectivity index (χ1n) is 7.82. The molecule has 0 saturated heterocycles. The Bertz CT molecular complexity index is 672. The minimum atomic E-state index is 0.0527. The van der Waals surface area contributed by atoms with Gasteiger partial charge in [0.1, 0.15) is 5.82 Å². The lowest BCUT2D eigenvalue weighted by atomic mass is 10.3. The van der Waals surface area contributed by atoms with E-state index in [-0.39, 0.29) is 5.91 Å². The summed E-state index contributed by atoms with van der Waals surface area (Å²) in [6.45, 7) is 6.21. The average molecular weight is 302 g/mol. The summed E-state index contributed by atoms with van der Waals surface area (Å²) in [5.41, 5.74) is 2.15. The van der Waals surface area contributed by atoms with Crippen LogP contribution in [-0.2, 0) is 30.8 Å². The number of carbonyl (C=O) groups excluding carboxylic acids is 1. The SMILES string of the molecule is Cc1cc(C)n(CCCC(=O)NCc2nnc3n2CCC3)n1. The Morgan fingerprint density at radius 2 is 2.23 bits per heavy atom. The Kier molecular flexibility index (Phi) is 4.22. The summed E-state index contributed by atoms with van der Waals surface area (Å²) >= 11 is 0. The van der Waals surface area contributed by atoms with Gasteiger partial charge < -0.3 is 9.88 Å². The summed E-state index contributed by atoms with van der Waals surface area (Å²) in [6, 6.07) is 2.05. The van der Waals surface area contributed by atoms with E-state index < -0.39 is 0 Å². The highest BCUT2D eigenvalue weighted by atomic mass is 16.1. The van der Waals surface area contributed by atoms with Gasteiger partial charge in [-0.05, 0) is 32.8 Å². The van der Waals surface area contributed by atoms with Crippen LogP contribution in [0.4, 0.5) is 0 Å². The molecule has 2 aromatic heterocycles. The van der Waals surface area contributed by atoms with Crippen molar-refractivity contribution in [2.24, 2.45) is 0 Å². The molecule has 7 heteroatoms. The highest BCUT2D eigenvalue weighted by Crippen LogP contribution is 2.13. The molecule has 1 amide bonds. The van der Waals surface area contributed by atoms with Crippen molar-refractivity contribution in [1.29, 1.82) is 0 Å². The summed E-state index contributed by atoms with van der Waals surface area (Å²) in [4.78, 5) is 11.9. The van der Waals surface area contributed by atoms with E-state index in [0.29, 0.717) is 13.0 Å². The number of aromatic nitrogens is 5. The maximum absolute atomic E-state index is 11.9. The summed E-state index contributed by atoms with van der Waals surface area (Å²) in [7, 11) is 0. The van der Waals surface area contributed by atoms with Gasteiger partial charge in [0, 0.05) is 31.6 Å². The Morgan fingerprint density at radius 1 is 1.36 bits per heavy atom. The molecule has 0 saturated carbocycles. The molecule has 0 aromatic carbocycles. The lowest BCUT2D eigenvalue weighted by Gasteiger charge is -2.07. The van der Waals surface area contributed by atoms with Crippen molar-refractivity contribution in [3.63, 3.8) is 0 Å². The highest BCUT2D eigenvalue weighted by Gasteiger charge is 2.17. The molecular formula is C15H22N6O. The van der Waals surface area contributed by atoms with E-state index in [4.69, 9.17) is 0 Å². The molecule has 1 aliphatic rings. The fourth-order valence-electron chi connectivity index (χ4n) is 2.90. The number of rotatable bonds is 6. The molecule has 0 spiro atoms. The Hall–Kier alpha value is -2.18. The van der Waals surface area contributed by atoms with Crippen LogP contribution >= 0.6 is 0 Å². The molecule has 0 radical (unpaired) electrons. The highest BCUT2D eigenvalue weighted by molar-refractivity contribution is 5.75. The number of fused-ring (bicyclic) bond motifs is 1. The summed E-state index contributed by atoms with van der Waals surface area (Å²) < 4.78 is 4.06. The second kappa shape index (κ2) is 6.29. The number of hydrogen-bond donors (Lipinski definition) is 1. The normalized spacial score (nSPS) is 13.4. The molecule has 7 nitrogen and oxygen atoms in total. The third-order valence-corrected chi connectivity index (χ3v) is 4.01.